The third-order valence-electron chi connectivity index (χ3n) is 2.84. The van der Waals surface area contributed by atoms with Gasteiger partial charge in [0, 0.05) is 24.0 Å². The Balaban J connectivity index is 1.91. The monoisotopic (exact) mass is 359 g/mol. The Morgan fingerprint density at radius 3 is 3.00 bits per heavy atom. The number of carbonyl (C=O) groups excluding carboxylic acids is 1. The van der Waals surface area contributed by atoms with Crippen LogP contribution in [0.1, 0.15) is 11.3 Å². The molecule has 1 N–H and O–H groups in total. The fraction of sp³-hybridized carbons (Fsp3) is 0.385. The number of rotatable bonds is 4. The summed E-state index contributed by atoms with van der Waals surface area (Å²) in [7, 11) is 0. The summed E-state index contributed by atoms with van der Waals surface area (Å²) in [6.07, 6.45) is 2.78. The van der Waals surface area contributed by atoms with Crippen LogP contribution in [0, 0.1) is 0 Å². The summed E-state index contributed by atoms with van der Waals surface area (Å²) in [5, 5.41) is 8.74. The first-order valence-corrected chi connectivity index (χ1v) is 7.71. The van der Waals surface area contributed by atoms with Crippen LogP contribution < -0.4 is 0 Å². The number of amides is 1. The Kier molecular flexibility index (Phi) is 5.33. The van der Waals surface area contributed by atoms with Gasteiger partial charge in [-0.1, -0.05) is 0 Å². The number of hydrogen-bond acceptors (Lipinski definition) is 4. The maximum absolute atomic E-state index is 12.0. The van der Waals surface area contributed by atoms with Crippen molar-refractivity contribution in [1.29, 1.82) is 0 Å². The lowest BCUT2D eigenvalue weighted by atomic mass is 10.2. The summed E-state index contributed by atoms with van der Waals surface area (Å²) in [6.45, 7) is 1.19. The smallest absolute Gasteiger partial charge is 0.306 e. The molecule has 0 aliphatic carbocycles. The van der Waals surface area contributed by atoms with Crippen molar-refractivity contribution >= 4 is 45.2 Å². The zero-order valence-corrected chi connectivity index (χ0v) is 13.0. The van der Waals surface area contributed by atoms with Crippen LogP contribution in [-0.2, 0) is 14.3 Å². The fourth-order valence-electron chi connectivity index (χ4n) is 1.91. The van der Waals surface area contributed by atoms with Gasteiger partial charge in [-0.25, -0.2) is 0 Å². The third kappa shape index (κ3) is 4.43. The lowest BCUT2D eigenvalue weighted by Gasteiger charge is -2.31. The molecule has 0 aromatic carbocycles. The SMILES string of the molecule is O=C(O)C[C@@H]1CN(C(=O)/C=C\c2ccc(Br)s2)CCO1. The van der Waals surface area contributed by atoms with E-state index in [1.54, 1.807) is 22.3 Å². The number of hydrogen-bond donors (Lipinski definition) is 1. The molecule has 2 rings (SSSR count). The Morgan fingerprint density at radius 1 is 1.55 bits per heavy atom. The van der Waals surface area contributed by atoms with E-state index in [9.17, 15) is 9.59 Å². The highest BCUT2D eigenvalue weighted by Gasteiger charge is 2.24. The van der Waals surface area contributed by atoms with Gasteiger partial charge in [-0.3, -0.25) is 9.59 Å². The number of carboxylic acids is 1. The van der Waals surface area contributed by atoms with E-state index in [1.807, 2.05) is 12.1 Å². The van der Waals surface area contributed by atoms with E-state index in [4.69, 9.17) is 9.84 Å². The fourth-order valence-corrected chi connectivity index (χ4v) is 3.24. The summed E-state index contributed by atoms with van der Waals surface area (Å²) >= 11 is 4.91. The molecule has 20 heavy (non-hydrogen) atoms. The molecule has 0 unspecified atom stereocenters. The first kappa shape index (κ1) is 15.2. The molecule has 1 amide bonds. The molecule has 0 bridgehead atoms. The summed E-state index contributed by atoms with van der Waals surface area (Å²) < 4.78 is 6.34. The highest BCUT2D eigenvalue weighted by atomic mass is 79.9. The van der Waals surface area contributed by atoms with Gasteiger partial charge in [-0.15, -0.1) is 11.3 Å². The molecule has 1 saturated heterocycles. The van der Waals surface area contributed by atoms with E-state index >= 15 is 0 Å². The minimum Gasteiger partial charge on any atom is -0.481 e. The topological polar surface area (TPSA) is 66.8 Å². The average molecular weight is 360 g/mol. The highest BCUT2D eigenvalue weighted by molar-refractivity contribution is 9.11. The number of nitrogens with zero attached hydrogens (tertiary/aromatic N) is 1. The highest BCUT2D eigenvalue weighted by Crippen LogP contribution is 2.23. The zero-order valence-electron chi connectivity index (χ0n) is 10.6. The van der Waals surface area contributed by atoms with Crippen molar-refractivity contribution in [3.8, 4) is 0 Å². The molecule has 1 aromatic rings. The second-order valence-electron chi connectivity index (χ2n) is 4.35. The molecule has 0 saturated carbocycles. The summed E-state index contributed by atoms with van der Waals surface area (Å²) in [6, 6.07) is 3.84. The van der Waals surface area contributed by atoms with Crippen LogP contribution in [0.5, 0.6) is 0 Å². The van der Waals surface area contributed by atoms with Crippen molar-refractivity contribution in [2.45, 2.75) is 12.5 Å². The van der Waals surface area contributed by atoms with E-state index in [-0.39, 0.29) is 12.3 Å². The number of carboxylic acid groups (broad SMARTS) is 1. The standard InChI is InChI=1S/C13H14BrNO4S/c14-11-3-1-10(20-11)2-4-12(16)15-5-6-19-9(8-15)7-13(17)18/h1-4,9H,5-8H2,(H,17,18)/b4-2-/t9-/m1/s1. The van der Waals surface area contributed by atoms with E-state index in [0.717, 1.165) is 8.66 Å². The number of thiophene rings is 1. The largest absolute Gasteiger partial charge is 0.481 e. The van der Waals surface area contributed by atoms with Crippen molar-refractivity contribution in [2.24, 2.45) is 0 Å². The number of morpholine rings is 1. The molecule has 1 atom stereocenters. The summed E-state index contributed by atoms with van der Waals surface area (Å²) in [5.74, 6) is -1.03. The van der Waals surface area contributed by atoms with Gasteiger partial charge in [0.15, 0.2) is 0 Å². The van der Waals surface area contributed by atoms with Crippen LogP contribution in [0.15, 0.2) is 22.0 Å². The van der Waals surface area contributed by atoms with Crippen molar-refractivity contribution in [1.82, 2.24) is 4.90 Å². The lowest BCUT2D eigenvalue weighted by molar-refractivity contribution is -0.145. The van der Waals surface area contributed by atoms with Crippen LogP contribution in [0.3, 0.4) is 0 Å². The zero-order chi connectivity index (χ0) is 14.5. The Hall–Kier alpha value is -1.18. The molecule has 5 nitrogen and oxygen atoms in total. The first-order valence-electron chi connectivity index (χ1n) is 6.10. The number of aliphatic carboxylic acids is 1. The van der Waals surface area contributed by atoms with Gasteiger partial charge < -0.3 is 14.7 Å². The van der Waals surface area contributed by atoms with Gasteiger partial charge in [-0.2, -0.15) is 0 Å². The molecule has 0 radical (unpaired) electrons. The average Bonchev–Trinajstić information content (AvgIpc) is 2.81. The summed E-state index contributed by atoms with van der Waals surface area (Å²) in [4.78, 5) is 25.3. The molecule has 1 aromatic heterocycles. The first-order chi connectivity index (χ1) is 9.54. The van der Waals surface area contributed by atoms with Gasteiger partial charge in [0.25, 0.3) is 0 Å². The van der Waals surface area contributed by atoms with E-state index < -0.39 is 12.1 Å². The Labute approximate surface area is 129 Å². The minimum atomic E-state index is -0.914. The second-order valence-corrected chi connectivity index (χ2v) is 6.84. The van der Waals surface area contributed by atoms with E-state index in [2.05, 4.69) is 15.9 Å². The van der Waals surface area contributed by atoms with Crippen molar-refractivity contribution < 1.29 is 19.4 Å². The van der Waals surface area contributed by atoms with E-state index in [0.29, 0.717) is 19.7 Å². The predicted molar refractivity (Wildman–Crippen MR) is 79.6 cm³/mol. The molecular weight excluding hydrogens is 346 g/mol. The van der Waals surface area contributed by atoms with Crippen LogP contribution in [0.25, 0.3) is 6.08 Å². The van der Waals surface area contributed by atoms with Crippen LogP contribution in [0.2, 0.25) is 0 Å². The minimum absolute atomic E-state index is 0.0780. The predicted octanol–water partition coefficient (Wildman–Crippen LogP) is 2.23. The van der Waals surface area contributed by atoms with Crippen LogP contribution >= 0.6 is 27.3 Å². The van der Waals surface area contributed by atoms with Gasteiger partial charge in [0.2, 0.25) is 5.91 Å². The van der Waals surface area contributed by atoms with Crippen molar-refractivity contribution in [3.05, 3.63) is 26.9 Å². The summed E-state index contributed by atoms with van der Waals surface area (Å²) in [5.41, 5.74) is 0. The second kappa shape index (κ2) is 7.01. The van der Waals surface area contributed by atoms with Crippen LogP contribution in [0.4, 0.5) is 0 Å². The van der Waals surface area contributed by atoms with Gasteiger partial charge in [0.05, 0.1) is 22.9 Å². The van der Waals surface area contributed by atoms with Gasteiger partial charge in [-0.05, 0) is 34.1 Å². The quantitative estimate of drug-likeness (QED) is 0.837. The van der Waals surface area contributed by atoms with E-state index in [1.165, 1.54) is 6.08 Å². The maximum atomic E-state index is 12.0. The molecule has 2 heterocycles. The number of halogens is 1. The van der Waals surface area contributed by atoms with Crippen molar-refractivity contribution in [2.75, 3.05) is 19.7 Å². The van der Waals surface area contributed by atoms with Crippen molar-refractivity contribution in [3.63, 3.8) is 0 Å². The normalized spacial score (nSPS) is 19.4. The number of ether oxygens (including phenoxy) is 1. The Morgan fingerprint density at radius 2 is 2.35 bits per heavy atom. The third-order valence-corrected chi connectivity index (χ3v) is 4.43. The molecule has 7 heteroatoms. The lowest BCUT2D eigenvalue weighted by Crippen LogP contribution is -2.45. The van der Waals surface area contributed by atoms with Gasteiger partial charge >= 0.3 is 5.97 Å². The molecule has 1 aliphatic heterocycles. The molecule has 108 valence electrons. The Bertz CT molecular complexity index is 528. The van der Waals surface area contributed by atoms with Crippen LogP contribution in [-0.4, -0.2) is 47.7 Å². The number of carbonyl (C=O) groups is 2. The maximum Gasteiger partial charge on any atom is 0.306 e. The molecule has 1 fully saturated rings. The molecule has 1 aliphatic rings. The van der Waals surface area contributed by atoms with Gasteiger partial charge in [0.1, 0.15) is 0 Å². The molecular formula is C13H14BrNO4S. The molecule has 0 spiro atoms.